The first kappa shape index (κ1) is 5.77. The Morgan fingerprint density at radius 3 is 3.09 bits per heavy atom. The highest BCUT2D eigenvalue weighted by atomic mass is 15.1. The van der Waals surface area contributed by atoms with Gasteiger partial charge in [-0.2, -0.15) is 0 Å². The van der Waals surface area contributed by atoms with Crippen molar-refractivity contribution in [2.24, 2.45) is 5.92 Å². The zero-order valence-electron chi connectivity index (χ0n) is 6.25. The maximum atomic E-state index is 4.24. The molecule has 2 heterocycles. The Bertz CT molecular complexity index is 244. The Morgan fingerprint density at radius 2 is 2.45 bits per heavy atom. The highest BCUT2D eigenvalue weighted by Crippen LogP contribution is 2.45. The summed E-state index contributed by atoms with van der Waals surface area (Å²) >= 11 is 0. The minimum atomic E-state index is 0.508. The number of rotatable bonds is 1. The molecule has 0 aromatic carbocycles. The summed E-state index contributed by atoms with van der Waals surface area (Å²) in [7, 11) is 0. The number of nitrogens with zero attached hydrogens (tertiary/aromatic N) is 1. The first-order chi connectivity index (χ1) is 5.43. The van der Waals surface area contributed by atoms with Crippen molar-refractivity contribution in [1.82, 2.24) is 15.3 Å². The van der Waals surface area contributed by atoms with Gasteiger partial charge >= 0.3 is 0 Å². The van der Waals surface area contributed by atoms with Crippen LogP contribution in [0.5, 0.6) is 0 Å². The van der Waals surface area contributed by atoms with Crippen molar-refractivity contribution in [2.75, 3.05) is 0 Å². The molecule has 3 nitrogen and oxygen atoms in total. The van der Waals surface area contributed by atoms with Gasteiger partial charge in [0.2, 0.25) is 0 Å². The molecule has 1 aliphatic heterocycles. The van der Waals surface area contributed by atoms with Gasteiger partial charge in [-0.15, -0.1) is 0 Å². The second-order valence-corrected chi connectivity index (χ2v) is 3.53. The van der Waals surface area contributed by atoms with E-state index < -0.39 is 0 Å². The number of aromatic nitrogens is 2. The fourth-order valence-electron chi connectivity index (χ4n) is 2.00. The molecule has 3 heteroatoms. The third-order valence-electron chi connectivity index (χ3n) is 2.73. The molecule has 0 spiro atoms. The first-order valence-electron chi connectivity index (χ1n) is 4.19. The van der Waals surface area contributed by atoms with Crippen LogP contribution in [0.2, 0.25) is 0 Å². The Labute approximate surface area is 65.2 Å². The molecule has 1 saturated carbocycles. The number of imidazole rings is 1. The predicted molar refractivity (Wildman–Crippen MR) is 41.0 cm³/mol. The molecule has 0 radical (unpaired) electrons. The van der Waals surface area contributed by atoms with Gasteiger partial charge in [-0.1, -0.05) is 0 Å². The van der Waals surface area contributed by atoms with E-state index in [-0.39, 0.29) is 0 Å². The zero-order chi connectivity index (χ0) is 7.26. The van der Waals surface area contributed by atoms with Gasteiger partial charge in [0.15, 0.2) is 0 Å². The average molecular weight is 149 g/mol. The van der Waals surface area contributed by atoms with Crippen LogP contribution in [0.4, 0.5) is 0 Å². The van der Waals surface area contributed by atoms with E-state index in [1.807, 2.05) is 12.4 Å². The molecule has 2 N–H and O–H groups in total. The summed E-state index contributed by atoms with van der Waals surface area (Å²) in [6.45, 7) is 0. The van der Waals surface area contributed by atoms with Gasteiger partial charge in [-0.25, -0.2) is 4.98 Å². The highest BCUT2D eigenvalue weighted by Gasteiger charge is 2.46. The fraction of sp³-hybridized carbons (Fsp3) is 0.625. The Morgan fingerprint density at radius 1 is 1.45 bits per heavy atom. The largest absolute Gasteiger partial charge is 0.347 e. The van der Waals surface area contributed by atoms with Crippen molar-refractivity contribution >= 4 is 0 Å². The van der Waals surface area contributed by atoms with Crippen LogP contribution < -0.4 is 5.32 Å². The van der Waals surface area contributed by atoms with Crippen molar-refractivity contribution in [3.8, 4) is 0 Å². The normalized spacial score (nSPS) is 40.5. The summed E-state index contributed by atoms with van der Waals surface area (Å²) in [6.07, 6.45) is 6.37. The summed E-state index contributed by atoms with van der Waals surface area (Å²) in [5, 5.41) is 3.54. The number of fused-ring (bicyclic) bond motifs is 1. The summed E-state index contributed by atoms with van der Waals surface area (Å²) in [5.41, 5.74) is 0. The lowest BCUT2D eigenvalue weighted by atomic mass is 10.2. The Hall–Kier alpha value is -0.830. The summed E-state index contributed by atoms with van der Waals surface area (Å²) in [5.74, 6) is 2.06. The second-order valence-electron chi connectivity index (χ2n) is 3.53. The molecule has 3 atom stereocenters. The van der Waals surface area contributed by atoms with Crippen molar-refractivity contribution in [2.45, 2.75) is 24.9 Å². The van der Waals surface area contributed by atoms with Crippen molar-refractivity contribution in [3.05, 3.63) is 18.2 Å². The smallest absolute Gasteiger partial charge is 0.123 e. The van der Waals surface area contributed by atoms with E-state index in [2.05, 4.69) is 15.3 Å². The van der Waals surface area contributed by atoms with Crippen LogP contribution >= 0.6 is 0 Å². The minimum absolute atomic E-state index is 0.508. The number of aromatic amines is 1. The average Bonchev–Trinajstić information content (AvgIpc) is 2.60. The minimum Gasteiger partial charge on any atom is -0.347 e. The molecule has 0 amide bonds. The van der Waals surface area contributed by atoms with Crippen LogP contribution in [0.1, 0.15) is 24.7 Å². The second kappa shape index (κ2) is 1.85. The Kier molecular flexibility index (Phi) is 0.973. The molecule has 3 unspecified atom stereocenters. The summed E-state index contributed by atoms with van der Waals surface area (Å²) in [4.78, 5) is 7.38. The first-order valence-corrected chi connectivity index (χ1v) is 4.19. The number of H-pyrrole nitrogens is 1. The predicted octanol–water partition coefficient (Wildman–Crippen LogP) is 0.833. The van der Waals surface area contributed by atoms with Gasteiger partial charge in [0, 0.05) is 18.4 Å². The quantitative estimate of drug-likeness (QED) is 0.621. The van der Waals surface area contributed by atoms with Crippen LogP contribution in [-0.2, 0) is 0 Å². The molecule has 11 heavy (non-hydrogen) atoms. The number of nitrogens with one attached hydrogen (secondary N) is 2. The monoisotopic (exact) mass is 149 g/mol. The summed E-state index contributed by atoms with van der Waals surface area (Å²) < 4.78 is 0. The van der Waals surface area contributed by atoms with Gasteiger partial charge in [-0.05, 0) is 18.8 Å². The third kappa shape index (κ3) is 0.807. The molecule has 2 aliphatic rings. The topological polar surface area (TPSA) is 40.7 Å². The molecule has 58 valence electrons. The van der Waals surface area contributed by atoms with Gasteiger partial charge in [0.1, 0.15) is 5.82 Å². The van der Waals surface area contributed by atoms with Crippen molar-refractivity contribution in [3.63, 3.8) is 0 Å². The van der Waals surface area contributed by atoms with Gasteiger partial charge < -0.3 is 10.3 Å². The van der Waals surface area contributed by atoms with Crippen molar-refractivity contribution < 1.29 is 0 Å². The molecule has 0 bridgehead atoms. The third-order valence-corrected chi connectivity index (χ3v) is 2.73. The Balaban J connectivity index is 1.81. The van der Waals surface area contributed by atoms with E-state index >= 15 is 0 Å². The van der Waals surface area contributed by atoms with Gasteiger partial charge in [0.05, 0.1) is 6.04 Å². The van der Waals surface area contributed by atoms with Crippen LogP contribution in [0.15, 0.2) is 12.4 Å². The van der Waals surface area contributed by atoms with Crippen LogP contribution in [0.25, 0.3) is 0 Å². The molecular formula is C8H11N3. The lowest BCUT2D eigenvalue weighted by Gasteiger charge is -2.08. The van der Waals surface area contributed by atoms with Crippen LogP contribution in [0.3, 0.4) is 0 Å². The number of hydrogen-bond acceptors (Lipinski definition) is 2. The highest BCUT2D eigenvalue weighted by molar-refractivity contribution is 5.09. The van der Waals surface area contributed by atoms with Crippen LogP contribution in [-0.4, -0.2) is 16.0 Å². The maximum Gasteiger partial charge on any atom is 0.123 e. The molecule has 3 rings (SSSR count). The van der Waals surface area contributed by atoms with E-state index in [1.165, 1.54) is 12.8 Å². The molecule has 1 aliphatic carbocycles. The fourth-order valence-corrected chi connectivity index (χ4v) is 2.00. The SMILES string of the molecule is c1c[nH]c(C2CC3CC3N2)n1. The van der Waals surface area contributed by atoms with E-state index in [4.69, 9.17) is 0 Å². The molecular weight excluding hydrogens is 138 g/mol. The van der Waals surface area contributed by atoms with Gasteiger partial charge in [-0.3, -0.25) is 0 Å². The van der Waals surface area contributed by atoms with Crippen molar-refractivity contribution in [1.29, 1.82) is 0 Å². The molecule has 1 aromatic heterocycles. The van der Waals surface area contributed by atoms with Gasteiger partial charge in [0.25, 0.3) is 0 Å². The number of piperidine rings is 1. The number of hydrogen-bond donors (Lipinski definition) is 2. The molecule has 2 fully saturated rings. The lowest BCUT2D eigenvalue weighted by molar-refractivity contribution is 0.543. The molecule has 1 aromatic rings. The van der Waals surface area contributed by atoms with E-state index in [1.54, 1.807) is 0 Å². The van der Waals surface area contributed by atoms with E-state index in [9.17, 15) is 0 Å². The zero-order valence-corrected chi connectivity index (χ0v) is 6.25. The lowest BCUT2D eigenvalue weighted by Crippen LogP contribution is -2.18. The van der Waals surface area contributed by atoms with E-state index in [0.29, 0.717) is 6.04 Å². The molecule has 1 saturated heterocycles. The van der Waals surface area contributed by atoms with E-state index in [0.717, 1.165) is 17.8 Å². The summed E-state index contributed by atoms with van der Waals surface area (Å²) in [6, 6.07) is 1.32. The maximum absolute atomic E-state index is 4.24. The van der Waals surface area contributed by atoms with Crippen LogP contribution in [0, 0.1) is 5.92 Å². The standard InChI is InChI=1S/C8H11N3/c1-2-10-8(9-1)7-4-5-3-6(5)11-7/h1-2,5-7,11H,3-4H2,(H,9,10).